The molecular formula is C19H29N3O2. The predicted molar refractivity (Wildman–Crippen MR) is 97.1 cm³/mol. The van der Waals surface area contributed by atoms with E-state index < -0.39 is 0 Å². The largest absolute Gasteiger partial charge is 0.388 e. The molecule has 0 bridgehead atoms. The number of benzene rings is 1. The van der Waals surface area contributed by atoms with E-state index in [0.29, 0.717) is 13.0 Å². The highest BCUT2D eigenvalue weighted by Gasteiger charge is 2.25. The Hall–Kier alpha value is -2.04. The first-order valence-corrected chi connectivity index (χ1v) is 8.85. The van der Waals surface area contributed by atoms with Crippen LogP contribution in [-0.2, 0) is 16.0 Å². The van der Waals surface area contributed by atoms with Gasteiger partial charge < -0.3 is 15.1 Å². The van der Waals surface area contributed by atoms with Crippen LogP contribution in [0, 0.1) is 6.92 Å². The monoisotopic (exact) mass is 331 g/mol. The second-order valence-electron chi connectivity index (χ2n) is 6.47. The Labute approximate surface area is 145 Å². The summed E-state index contributed by atoms with van der Waals surface area (Å²) in [6.45, 7) is 6.21. The molecule has 0 saturated carbocycles. The van der Waals surface area contributed by atoms with Crippen LogP contribution >= 0.6 is 0 Å². The van der Waals surface area contributed by atoms with E-state index in [1.807, 2.05) is 23.8 Å². The van der Waals surface area contributed by atoms with Crippen molar-refractivity contribution in [3.63, 3.8) is 0 Å². The maximum atomic E-state index is 11.8. The third-order valence-electron chi connectivity index (χ3n) is 4.89. The van der Waals surface area contributed by atoms with Gasteiger partial charge in [-0.05, 0) is 37.8 Å². The third kappa shape index (κ3) is 4.49. The minimum Gasteiger partial charge on any atom is -0.388 e. The molecular weight excluding hydrogens is 302 g/mol. The van der Waals surface area contributed by atoms with E-state index in [1.54, 1.807) is 0 Å². The Morgan fingerprint density at radius 2 is 2.08 bits per heavy atom. The van der Waals surface area contributed by atoms with Gasteiger partial charge in [0, 0.05) is 44.8 Å². The number of carbonyl (C=O) groups excluding carboxylic acids is 2. The number of hydrogen-bond acceptors (Lipinski definition) is 3. The quantitative estimate of drug-likeness (QED) is 0.781. The van der Waals surface area contributed by atoms with E-state index >= 15 is 0 Å². The minimum absolute atomic E-state index is 0.213. The molecule has 0 aromatic heterocycles. The van der Waals surface area contributed by atoms with Gasteiger partial charge in [-0.3, -0.25) is 9.59 Å². The number of anilines is 1. The maximum absolute atomic E-state index is 11.8. The number of aryl methyl sites for hydroxylation is 1. The first kappa shape index (κ1) is 18.3. The van der Waals surface area contributed by atoms with E-state index in [1.165, 1.54) is 11.1 Å². The van der Waals surface area contributed by atoms with E-state index in [9.17, 15) is 9.59 Å². The van der Waals surface area contributed by atoms with Crippen LogP contribution in [0.3, 0.4) is 0 Å². The van der Waals surface area contributed by atoms with Gasteiger partial charge in [0.1, 0.15) is 0 Å². The number of amides is 2. The van der Waals surface area contributed by atoms with Crippen molar-refractivity contribution in [2.75, 3.05) is 32.0 Å². The first-order chi connectivity index (χ1) is 11.6. The summed E-state index contributed by atoms with van der Waals surface area (Å²) in [4.78, 5) is 27.1. The Kier molecular flexibility index (Phi) is 6.64. The van der Waals surface area contributed by atoms with E-state index in [2.05, 4.69) is 30.4 Å². The Balaban J connectivity index is 1.93. The second-order valence-corrected chi connectivity index (χ2v) is 6.47. The fourth-order valence-corrected chi connectivity index (χ4v) is 3.41. The van der Waals surface area contributed by atoms with Crippen LogP contribution in [0.1, 0.15) is 37.3 Å². The lowest BCUT2D eigenvalue weighted by Gasteiger charge is -2.37. The van der Waals surface area contributed by atoms with Crippen molar-refractivity contribution in [1.82, 2.24) is 9.80 Å². The first-order valence-electron chi connectivity index (χ1n) is 8.85. The number of carbonyl (C=O) groups is 2. The van der Waals surface area contributed by atoms with Gasteiger partial charge in [0.25, 0.3) is 0 Å². The van der Waals surface area contributed by atoms with Gasteiger partial charge in [0.05, 0.1) is 0 Å². The predicted octanol–water partition coefficient (Wildman–Crippen LogP) is 2.44. The number of rotatable bonds is 7. The van der Waals surface area contributed by atoms with Gasteiger partial charge in [0.2, 0.25) is 12.3 Å². The van der Waals surface area contributed by atoms with Crippen LogP contribution in [0.4, 0.5) is 5.69 Å². The third-order valence-corrected chi connectivity index (χ3v) is 4.89. The number of nitrogens with one attached hydrogen (secondary N) is 1. The molecule has 0 unspecified atom stereocenters. The molecule has 1 saturated heterocycles. The zero-order valence-electron chi connectivity index (χ0n) is 15.0. The van der Waals surface area contributed by atoms with E-state index in [-0.39, 0.29) is 11.9 Å². The molecule has 5 nitrogen and oxygen atoms in total. The summed E-state index contributed by atoms with van der Waals surface area (Å²) < 4.78 is 0. The van der Waals surface area contributed by atoms with Crippen molar-refractivity contribution >= 4 is 18.0 Å². The molecule has 5 heteroatoms. The van der Waals surface area contributed by atoms with Crippen LogP contribution in [-0.4, -0.2) is 54.8 Å². The summed E-state index contributed by atoms with van der Waals surface area (Å²) in [5.41, 5.74) is 3.59. The van der Waals surface area contributed by atoms with E-state index in [4.69, 9.17) is 0 Å². The van der Waals surface area contributed by atoms with E-state index in [0.717, 1.165) is 44.4 Å². The molecule has 1 fully saturated rings. The van der Waals surface area contributed by atoms with Crippen LogP contribution in [0.15, 0.2) is 18.2 Å². The SMILES string of the molecule is CCC(=O)N1CCC(N(C=O)CCc2cc(C)ccc2NC)CC1. The molecule has 1 N–H and O–H groups in total. The summed E-state index contributed by atoms with van der Waals surface area (Å²) in [6.07, 6.45) is 4.11. The van der Waals surface area contributed by atoms with Crippen molar-refractivity contribution < 1.29 is 9.59 Å². The normalized spacial score (nSPS) is 15.2. The van der Waals surface area contributed by atoms with Gasteiger partial charge in [-0.15, -0.1) is 0 Å². The standard InChI is InChI=1S/C19H29N3O2/c1-4-19(24)21-11-8-17(9-12-21)22(14-23)10-7-16-13-15(2)5-6-18(16)20-3/h5-6,13-14,17,20H,4,7-12H2,1-3H3. The molecule has 1 aromatic carbocycles. The fourth-order valence-electron chi connectivity index (χ4n) is 3.41. The lowest BCUT2D eigenvalue weighted by atomic mass is 10.0. The van der Waals surface area contributed by atoms with Crippen molar-refractivity contribution in [1.29, 1.82) is 0 Å². The molecule has 1 aliphatic heterocycles. The summed E-state index contributed by atoms with van der Waals surface area (Å²) in [7, 11) is 1.92. The second kappa shape index (κ2) is 8.71. The average Bonchev–Trinajstić information content (AvgIpc) is 2.62. The highest BCUT2D eigenvalue weighted by Crippen LogP contribution is 2.20. The Bertz CT molecular complexity index is 566. The van der Waals surface area contributed by atoms with Gasteiger partial charge in [-0.1, -0.05) is 24.6 Å². The van der Waals surface area contributed by atoms with Crippen molar-refractivity contribution in [2.24, 2.45) is 0 Å². The minimum atomic E-state index is 0.213. The fraction of sp³-hybridized carbons (Fsp3) is 0.579. The number of nitrogens with zero attached hydrogens (tertiary/aromatic N) is 2. The summed E-state index contributed by atoms with van der Waals surface area (Å²) in [6, 6.07) is 6.60. The maximum Gasteiger partial charge on any atom is 0.222 e. The molecule has 0 aliphatic carbocycles. The van der Waals surface area contributed by atoms with Crippen LogP contribution < -0.4 is 5.32 Å². The average molecular weight is 331 g/mol. The lowest BCUT2D eigenvalue weighted by molar-refractivity contribution is -0.132. The van der Waals surface area contributed by atoms with Gasteiger partial charge in [-0.2, -0.15) is 0 Å². The molecule has 2 amide bonds. The highest BCUT2D eigenvalue weighted by molar-refractivity contribution is 5.75. The summed E-state index contributed by atoms with van der Waals surface area (Å²) in [5.74, 6) is 0.213. The van der Waals surface area contributed by atoms with Crippen LogP contribution in [0.2, 0.25) is 0 Å². The molecule has 1 aliphatic rings. The molecule has 0 atom stereocenters. The van der Waals surface area contributed by atoms with Crippen LogP contribution in [0.5, 0.6) is 0 Å². The van der Waals surface area contributed by atoms with Gasteiger partial charge in [0.15, 0.2) is 0 Å². The number of likely N-dealkylation sites (tertiary alicyclic amines) is 1. The number of hydrogen-bond donors (Lipinski definition) is 1. The molecule has 24 heavy (non-hydrogen) atoms. The molecule has 1 heterocycles. The molecule has 0 spiro atoms. The Morgan fingerprint density at radius 1 is 1.38 bits per heavy atom. The number of piperidine rings is 1. The summed E-state index contributed by atoms with van der Waals surface area (Å²) >= 11 is 0. The van der Waals surface area contributed by atoms with Crippen molar-refractivity contribution in [3.05, 3.63) is 29.3 Å². The zero-order valence-corrected chi connectivity index (χ0v) is 15.0. The lowest BCUT2D eigenvalue weighted by Crippen LogP contribution is -2.46. The zero-order chi connectivity index (χ0) is 17.5. The molecule has 1 aromatic rings. The molecule has 132 valence electrons. The summed E-state index contributed by atoms with van der Waals surface area (Å²) in [5, 5.41) is 3.22. The smallest absolute Gasteiger partial charge is 0.222 e. The highest BCUT2D eigenvalue weighted by atomic mass is 16.2. The molecule has 0 radical (unpaired) electrons. The Morgan fingerprint density at radius 3 is 2.67 bits per heavy atom. The van der Waals surface area contributed by atoms with Crippen LogP contribution in [0.25, 0.3) is 0 Å². The molecule has 2 rings (SSSR count). The topological polar surface area (TPSA) is 52.7 Å². The van der Waals surface area contributed by atoms with Crippen molar-refractivity contribution in [2.45, 2.75) is 45.6 Å². The van der Waals surface area contributed by atoms with Gasteiger partial charge in [-0.25, -0.2) is 0 Å². The van der Waals surface area contributed by atoms with Gasteiger partial charge >= 0.3 is 0 Å². The van der Waals surface area contributed by atoms with Crippen molar-refractivity contribution in [3.8, 4) is 0 Å².